The zero-order chi connectivity index (χ0) is 12.3. The second-order valence-electron chi connectivity index (χ2n) is 3.59. The van der Waals surface area contributed by atoms with Gasteiger partial charge in [-0.05, 0) is 13.0 Å². The fourth-order valence-corrected chi connectivity index (χ4v) is 2.43. The maximum atomic E-state index is 5.93. The van der Waals surface area contributed by atoms with Gasteiger partial charge in [0, 0.05) is 18.2 Å². The lowest BCUT2D eigenvalue weighted by Crippen LogP contribution is -2.01. The van der Waals surface area contributed by atoms with Crippen molar-refractivity contribution in [1.82, 2.24) is 15.0 Å². The van der Waals surface area contributed by atoms with Crippen LogP contribution >= 0.6 is 22.9 Å². The number of ether oxygens (including phenoxy) is 1. The first kappa shape index (κ1) is 12.4. The minimum absolute atomic E-state index is 0.437. The molecule has 0 aliphatic carbocycles. The third-order valence-electron chi connectivity index (χ3n) is 2.06. The van der Waals surface area contributed by atoms with Crippen LogP contribution in [0, 0.1) is 6.92 Å². The van der Waals surface area contributed by atoms with Crippen molar-refractivity contribution in [3.05, 3.63) is 38.8 Å². The van der Waals surface area contributed by atoms with Gasteiger partial charge in [-0.15, -0.1) is 11.3 Å². The predicted octanol–water partition coefficient (Wildman–Crippen LogP) is 2.63. The maximum absolute atomic E-state index is 5.93. The smallest absolute Gasteiger partial charge is 0.137 e. The van der Waals surface area contributed by atoms with Crippen LogP contribution in [0.1, 0.15) is 22.2 Å². The van der Waals surface area contributed by atoms with Crippen molar-refractivity contribution in [3.8, 4) is 0 Å². The van der Waals surface area contributed by atoms with E-state index in [4.69, 9.17) is 16.3 Å². The Kier molecular flexibility index (Phi) is 4.04. The monoisotopic (exact) mass is 269 g/mol. The van der Waals surface area contributed by atoms with Crippen molar-refractivity contribution in [2.45, 2.75) is 20.0 Å². The second-order valence-corrected chi connectivity index (χ2v) is 4.92. The molecule has 0 bridgehead atoms. The summed E-state index contributed by atoms with van der Waals surface area (Å²) in [5.41, 5.74) is 1.81. The van der Waals surface area contributed by atoms with Gasteiger partial charge in [0.05, 0.1) is 18.7 Å². The van der Waals surface area contributed by atoms with Crippen LogP contribution in [0.15, 0.2) is 11.4 Å². The fourth-order valence-electron chi connectivity index (χ4n) is 1.44. The molecule has 0 spiro atoms. The Bertz CT molecular complexity index is 515. The molecule has 2 rings (SSSR count). The Morgan fingerprint density at radius 3 is 2.82 bits per heavy atom. The minimum atomic E-state index is 0.437. The Labute approximate surface area is 109 Å². The number of hydrogen-bond acceptors (Lipinski definition) is 5. The molecular formula is C11H12ClN3OS. The van der Waals surface area contributed by atoms with Crippen LogP contribution in [-0.2, 0) is 17.8 Å². The minimum Gasteiger partial charge on any atom is -0.378 e. The van der Waals surface area contributed by atoms with E-state index in [1.165, 1.54) is 0 Å². The van der Waals surface area contributed by atoms with Gasteiger partial charge in [0.2, 0.25) is 0 Å². The van der Waals surface area contributed by atoms with Crippen molar-refractivity contribution >= 4 is 22.9 Å². The van der Waals surface area contributed by atoms with Crippen molar-refractivity contribution in [2.75, 3.05) is 7.11 Å². The third kappa shape index (κ3) is 3.46. The van der Waals surface area contributed by atoms with Crippen molar-refractivity contribution < 1.29 is 4.74 Å². The Hall–Kier alpha value is -1.04. The van der Waals surface area contributed by atoms with E-state index in [0.717, 1.165) is 16.4 Å². The van der Waals surface area contributed by atoms with Gasteiger partial charge in [-0.2, -0.15) is 0 Å². The van der Waals surface area contributed by atoms with Crippen molar-refractivity contribution in [1.29, 1.82) is 0 Å². The number of rotatable bonds is 4. The van der Waals surface area contributed by atoms with Gasteiger partial charge in [0.15, 0.2) is 0 Å². The van der Waals surface area contributed by atoms with Gasteiger partial charge in [-0.1, -0.05) is 11.6 Å². The van der Waals surface area contributed by atoms with Crippen molar-refractivity contribution in [2.24, 2.45) is 0 Å². The van der Waals surface area contributed by atoms with Crippen LogP contribution in [0.4, 0.5) is 0 Å². The van der Waals surface area contributed by atoms with Gasteiger partial charge in [0.1, 0.15) is 16.0 Å². The van der Waals surface area contributed by atoms with E-state index in [0.29, 0.717) is 24.0 Å². The van der Waals surface area contributed by atoms with Gasteiger partial charge < -0.3 is 4.74 Å². The van der Waals surface area contributed by atoms with E-state index in [2.05, 4.69) is 15.0 Å². The van der Waals surface area contributed by atoms with Gasteiger partial charge >= 0.3 is 0 Å². The highest BCUT2D eigenvalue weighted by Crippen LogP contribution is 2.14. The number of nitrogens with zero attached hydrogens (tertiary/aromatic N) is 3. The van der Waals surface area contributed by atoms with E-state index in [-0.39, 0.29) is 0 Å². The molecule has 0 aromatic carbocycles. The first-order chi connectivity index (χ1) is 8.17. The number of hydrogen-bond donors (Lipinski definition) is 0. The van der Waals surface area contributed by atoms with Crippen LogP contribution in [0.5, 0.6) is 0 Å². The molecular weight excluding hydrogens is 258 g/mol. The molecule has 2 aromatic rings. The first-order valence-electron chi connectivity index (χ1n) is 5.09. The average molecular weight is 270 g/mol. The van der Waals surface area contributed by atoms with Crippen LogP contribution in [-0.4, -0.2) is 22.1 Å². The third-order valence-corrected chi connectivity index (χ3v) is 3.22. The average Bonchev–Trinajstić information content (AvgIpc) is 2.63. The lowest BCUT2D eigenvalue weighted by Gasteiger charge is -2.03. The molecule has 6 heteroatoms. The van der Waals surface area contributed by atoms with E-state index in [9.17, 15) is 0 Å². The summed E-state index contributed by atoms with van der Waals surface area (Å²) in [7, 11) is 1.62. The number of methoxy groups -OCH3 is 1. The lowest BCUT2D eigenvalue weighted by atomic mass is 10.3. The Balaban J connectivity index is 2.20. The summed E-state index contributed by atoms with van der Waals surface area (Å²) in [6, 6.07) is 1.71. The number of aromatic nitrogens is 3. The molecule has 0 fully saturated rings. The molecule has 90 valence electrons. The first-order valence-corrected chi connectivity index (χ1v) is 6.35. The SMILES string of the molecule is COCc1cc(Cl)nc(Cc2nc(C)cs2)n1. The highest BCUT2D eigenvalue weighted by atomic mass is 35.5. The summed E-state index contributed by atoms with van der Waals surface area (Å²) < 4.78 is 5.03. The van der Waals surface area contributed by atoms with E-state index < -0.39 is 0 Å². The van der Waals surface area contributed by atoms with Gasteiger partial charge in [0.25, 0.3) is 0 Å². The van der Waals surface area contributed by atoms with Crippen LogP contribution in [0.2, 0.25) is 5.15 Å². The van der Waals surface area contributed by atoms with E-state index >= 15 is 0 Å². The summed E-state index contributed by atoms with van der Waals surface area (Å²) >= 11 is 7.54. The van der Waals surface area contributed by atoms with Crippen molar-refractivity contribution in [3.63, 3.8) is 0 Å². The quantitative estimate of drug-likeness (QED) is 0.801. The highest BCUT2D eigenvalue weighted by Gasteiger charge is 2.07. The predicted molar refractivity (Wildman–Crippen MR) is 67.4 cm³/mol. The fraction of sp³-hybridized carbons (Fsp3) is 0.364. The summed E-state index contributed by atoms with van der Waals surface area (Å²) in [4.78, 5) is 12.9. The largest absolute Gasteiger partial charge is 0.378 e. The van der Waals surface area contributed by atoms with E-state index in [1.807, 2.05) is 12.3 Å². The molecule has 0 aliphatic rings. The van der Waals surface area contributed by atoms with Gasteiger partial charge in [-0.3, -0.25) is 0 Å². The molecule has 2 heterocycles. The molecule has 17 heavy (non-hydrogen) atoms. The number of aryl methyl sites for hydroxylation is 1. The van der Waals surface area contributed by atoms with Crippen LogP contribution in [0.3, 0.4) is 0 Å². The topological polar surface area (TPSA) is 47.9 Å². The summed E-state index contributed by atoms with van der Waals surface area (Å²) in [5.74, 6) is 0.680. The summed E-state index contributed by atoms with van der Waals surface area (Å²) in [6.07, 6.45) is 0.607. The second kappa shape index (κ2) is 5.53. The molecule has 0 N–H and O–H groups in total. The summed E-state index contributed by atoms with van der Waals surface area (Å²) in [6.45, 7) is 2.40. The summed E-state index contributed by atoms with van der Waals surface area (Å²) in [5, 5.41) is 3.44. The molecule has 0 radical (unpaired) electrons. The van der Waals surface area contributed by atoms with Gasteiger partial charge in [-0.25, -0.2) is 15.0 Å². The normalized spacial score (nSPS) is 10.8. The standard InChI is InChI=1S/C11H12ClN3OS/c1-7-6-17-11(13-7)4-10-14-8(5-16-2)3-9(12)15-10/h3,6H,4-5H2,1-2H3. The number of thiazole rings is 1. The van der Waals surface area contributed by atoms with Crippen LogP contribution < -0.4 is 0 Å². The molecule has 0 unspecified atom stereocenters. The lowest BCUT2D eigenvalue weighted by molar-refractivity contribution is 0.181. The maximum Gasteiger partial charge on any atom is 0.137 e. The number of halogens is 1. The van der Waals surface area contributed by atoms with E-state index in [1.54, 1.807) is 24.5 Å². The Morgan fingerprint density at radius 2 is 2.18 bits per heavy atom. The molecule has 0 saturated heterocycles. The molecule has 0 saturated carbocycles. The molecule has 0 aliphatic heterocycles. The zero-order valence-electron chi connectivity index (χ0n) is 9.61. The molecule has 0 amide bonds. The highest BCUT2D eigenvalue weighted by molar-refractivity contribution is 7.09. The molecule has 4 nitrogen and oxygen atoms in total. The zero-order valence-corrected chi connectivity index (χ0v) is 11.2. The molecule has 2 aromatic heterocycles. The Morgan fingerprint density at radius 1 is 1.35 bits per heavy atom. The van der Waals surface area contributed by atoms with Crippen LogP contribution in [0.25, 0.3) is 0 Å². The molecule has 0 atom stereocenters.